The van der Waals surface area contributed by atoms with Gasteiger partial charge in [0.2, 0.25) is 0 Å². The fourth-order valence-electron chi connectivity index (χ4n) is 3.15. The van der Waals surface area contributed by atoms with Crippen LogP contribution in [-0.4, -0.2) is 91.8 Å². The van der Waals surface area contributed by atoms with Crippen molar-refractivity contribution >= 4 is 11.9 Å². The fraction of sp³-hybridized carbons (Fsp3) is 0.882. The number of rotatable bonds is 4. The van der Waals surface area contributed by atoms with Crippen LogP contribution in [0.4, 0.5) is 4.79 Å². The maximum atomic E-state index is 13.1. The first kappa shape index (κ1) is 22.9. The van der Waals surface area contributed by atoms with Crippen molar-refractivity contribution < 1.29 is 39.6 Å². The fourth-order valence-corrected chi connectivity index (χ4v) is 3.15. The summed E-state index contributed by atoms with van der Waals surface area (Å²) in [5, 5.41) is 45.5. The first-order valence-electron chi connectivity index (χ1n) is 9.09. The van der Waals surface area contributed by atoms with Gasteiger partial charge in [0.25, 0.3) is 5.91 Å². The maximum Gasteiger partial charge on any atom is 0.327 e. The summed E-state index contributed by atoms with van der Waals surface area (Å²) in [5.74, 6) is -0.794. The minimum atomic E-state index is -1.60. The highest BCUT2D eigenvalue weighted by Gasteiger charge is 2.57. The number of aliphatic hydroxyl groups excluding tert-OH is 3. The summed E-state index contributed by atoms with van der Waals surface area (Å²) in [6.45, 7) is 9.27. The molecule has 3 unspecified atom stereocenters. The summed E-state index contributed by atoms with van der Waals surface area (Å²) in [7, 11) is 0. The van der Waals surface area contributed by atoms with E-state index in [-0.39, 0.29) is 0 Å². The van der Waals surface area contributed by atoms with Crippen LogP contribution in [-0.2, 0) is 19.5 Å². The zero-order valence-corrected chi connectivity index (χ0v) is 16.9. The van der Waals surface area contributed by atoms with Crippen LogP contribution in [0.15, 0.2) is 0 Å². The Kier molecular flexibility index (Phi) is 6.41. The molecule has 2 heterocycles. The molecule has 11 nitrogen and oxygen atoms in total. The number of imide groups is 1. The first-order valence-corrected chi connectivity index (χ1v) is 9.09. The molecule has 28 heavy (non-hydrogen) atoms. The number of hydroxylamine groups is 2. The van der Waals surface area contributed by atoms with E-state index in [1.165, 1.54) is 0 Å². The Balaban J connectivity index is 2.50. The molecule has 161 valence electrons. The van der Waals surface area contributed by atoms with Crippen LogP contribution < -0.4 is 5.32 Å². The van der Waals surface area contributed by atoms with Crippen LogP contribution in [0.3, 0.4) is 0 Å². The predicted octanol–water partition coefficient (Wildman–Crippen LogP) is -1.07. The molecule has 0 aliphatic carbocycles. The number of carbonyl (C=O) groups excluding carboxylic acids is 2. The highest BCUT2D eigenvalue weighted by atomic mass is 16.6. The van der Waals surface area contributed by atoms with Gasteiger partial charge < -0.3 is 24.8 Å². The molecule has 6 atom stereocenters. The monoisotopic (exact) mass is 404 g/mol. The van der Waals surface area contributed by atoms with E-state index in [1.807, 2.05) is 0 Å². The molecular formula is C17H30N3O8. The topological polar surface area (TPSA) is 152 Å². The lowest BCUT2D eigenvalue weighted by atomic mass is 10.0. The summed E-state index contributed by atoms with van der Waals surface area (Å²) in [5.41, 5.74) is -1.85. The highest BCUT2D eigenvalue weighted by molar-refractivity contribution is 6.00. The summed E-state index contributed by atoms with van der Waals surface area (Å²) < 4.78 is 11.2. The SMILES string of the molecule is CC(C)(C)OC1C(=O)NC(=O)N(C2O[C@H](CO)[C@@H](O)[C@H]2O)C1N([O])C(C)(C)C. The number of hydrogen-bond donors (Lipinski definition) is 4. The van der Waals surface area contributed by atoms with E-state index in [2.05, 4.69) is 5.32 Å². The van der Waals surface area contributed by atoms with Crippen molar-refractivity contribution in [1.82, 2.24) is 15.3 Å². The lowest BCUT2D eigenvalue weighted by molar-refractivity contribution is -0.305. The third-order valence-electron chi connectivity index (χ3n) is 4.45. The van der Waals surface area contributed by atoms with E-state index in [0.29, 0.717) is 5.06 Å². The molecule has 0 saturated carbocycles. The van der Waals surface area contributed by atoms with Gasteiger partial charge in [-0.2, -0.15) is 0 Å². The molecule has 2 aliphatic rings. The number of ether oxygens (including phenoxy) is 2. The van der Waals surface area contributed by atoms with Crippen molar-refractivity contribution in [2.75, 3.05) is 6.61 Å². The largest absolute Gasteiger partial charge is 0.394 e. The number of hydrogen-bond acceptors (Lipinski definition) is 8. The van der Waals surface area contributed by atoms with Gasteiger partial charge in [0.05, 0.1) is 12.2 Å². The van der Waals surface area contributed by atoms with E-state index in [1.54, 1.807) is 41.5 Å². The van der Waals surface area contributed by atoms with Gasteiger partial charge in [0.1, 0.15) is 18.3 Å². The number of carbonyl (C=O) groups is 2. The molecule has 3 amide bonds. The molecule has 4 N–H and O–H groups in total. The molecule has 11 heteroatoms. The number of urea groups is 1. The average Bonchev–Trinajstić information content (AvgIpc) is 2.82. The highest BCUT2D eigenvalue weighted by Crippen LogP contribution is 2.33. The van der Waals surface area contributed by atoms with E-state index in [0.717, 1.165) is 4.90 Å². The lowest BCUT2D eigenvalue weighted by Gasteiger charge is -2.48. The molecule has 2 rings (SSSR count). The number of amides is 3. The molecule has 2 aliphatic heterocycles. The Morgan fingerprint density at radius 1 is 1.14 bits per heavy atom. The Labute approximate surface area is 163 Å². The summed E-state index contributed by atoms with van der Waals surface area (Å²) in [4.78, 5) is 26.0. The Hall–Kier alpha value is -1.34. The van der Waals surface area contributed by atoms with Gasteiger partial charge in [-0.05, 0) is 41.5 Å². The van der Waals surface area contributed by atoms with Crippen molar-refractivity contribution in [2.24, 2.45) is 0 Å². The zero-order valence-electron chi connectivity index (χ0n) is 16.9. The Morgan fingerprint density at radius 3 is 2.14 bits per heavy atom. The molecule has 2 fully saturated rings. The normalized spacial score (nSPS) is 34.9. The lowest BCUT2D eigenvalue weighted by Crippen LogP contribution is -2.73. The predicted molar refractivity (Wildman–Crippen MR) is 93.8 cm³/mol. The second-order valence-electron chi connectivity index (χ2n) is 8.99. The molecule has 1 radical (unpaired) electrons. The number of aliphatic hydroxyl groups is 3. The maximum absolute atomic E-state index is 13.1. The van der Waals surface area contributed by atoms with Gasteiger partial charge in [0, 0.05) is 5.54 Å². The van der Waals surface area contributed by atoms with Crippen LogP contribution in [0.25, 0.3) is 0 Å². The second-order valence-corrected chi connectivity index (χ2v) is 8.99. The third-order valence-corrected chi connectivity index (χ3v) is 4.45. The van der Waals surface area contributed by atoms with Gasteiger partial charge in [-0.15, -0.1) is 10.3 Å². The Morgan fingerprint density at radius 2 is 1.71 bits per heavy atom. The molecule has 2 saturated heterocycles. The minimum Gasteiger partial charge on any atom is -0.394 e. The van der Waals surface area contributed by atoms with Gasteiger partial charge in [-0.25, -0.2) is 4.79 Å². The number of nitrogens with one attached hydrogen (secondary N) is 1. The van der Waals surface area contributed by atoms with Crippen LogP contribution in [0.2, 0.25) is 0 Å². The molecule has 0 aromatic carbocycles. The summed E-state index contributed by atoms with van der Waals surface area (Å²) in [6.07, 6.45) is -8.53. The van der Waals surface area contributed by atoms with Crippen molar-refractivity contribution in [2.45, 2.75) is 89.5 Å². The number of nitrogens with zero attached hydrogens (tertiary/aromatic N) is 2. The molecular weight excluding hydrogens is 374 g/mol. The van der Waals surface area contributed by atoms with Gasteiger partial charge >= 0.3 is 6.03 Å². The molecule has 0 aromatic rings. The zero-order chi connectivity index (χ0) is 21.6. The smallest absolute Gasteiger partial charge is 0.327 e. The van der Waals surface area contributed by atoms with Crippen molar-refractivity contribution in [3.8, 4) is 0 Å². The Bertz CT molecular complexity index is 602. The van der Waals surface area contributed by atoms with Gasteiger partial charge in [-0.1, -0.05) is 0 Å². The average molecular weight is 404 g/mol. The molecule has 0 bridgehead atoms. The summed E-state index contributed by atoms with van der Waals surface area (Å²) in [6, 6.07) is -0.969. The van der Waals surface area contributed by atoms with Crippen LogP contribution >= 0.6 is 0 Å². The van der Waals surface area contributed by atoms with Crippen LogP contribution in [0.5, 0.6) is 0 Å². The van der Waals surface area contributed by atoms with E-state index >= 15 is 0 Å². The standard InChI is InChI=1S/C17H30N3O8/c1-16(2,3)20(26)13-11(28-17(4,5)6)12(24)18-15(25)19(13)14-10(23)9(22)8(7-21)27-14/h8-11,13-14,21-23H,7H2,1-6H3,(H,18,24,25)/t8-,9-,10-,11?,13?,14?/m1/s1. The van der Waals surface area contributed by atoms with Crippen molar-refractivity contribution in [3.63, 3.8) is 0 Å². The van der Waals surface area contributed by atoms with E-state index in [9.17, 15) is 30.1 Å². The van der Waals surface area contributed by atoms with Crippen LogP contribution in [0, 0.1) is 0 Å². The minimum absolute atomic E-state index is 0.536. The molecule has 0 spiro atoms. The van der Waals surface area contributed by atoms with Gasteiger partial charge in [0.15, 0.2) is 18.5 Å². The van der Waals surface area contributed by atoms with E-state index in [4.69, 9.17) is 9.47 Å². The van der Waals surface area contributed by atoms with Crippen molar-refractivity contribution in [1.29, 1.82) is 0 Å². The second kappa shape index (κ2) is 7.82. The van der Waals surface area contributed by atoms with Gasteiger partial charge in [-0.3, -0.25) is 15.0 Å². The van der Waals surface area contributed by atoms with Crippen LogP contribution in [0.1, 0.15) is 41.5 Å². The first-order chi connectivity index (χ1) is 12.7. The van der Waals surface area contributed by atoms with E-state index < -0.39 is 66.5 Å². The summed E-state index contributed by atoms with van der Waals surface area (Å²) >= 11 is 0. The quantitative estimate of drug-likeness (QED) is 0.433. The van der Waals surface area contributed by atoms with Crippen molar-refractivity contribution in [3.05, 3.63) is 0 Å². The third kappa shape index (κ3) is 4.46. The molecule has 0 aromatic heterocycles.